The average Bonchev–Trinajstić information content (AvgIpc) is 2.27. The van der Waals surface area contributed by atoms with Crippen LogP contribution in [0.4, 0.5) is 0 Å². The Kier molecular flexibility index (Phi) is 5.25. The van der Waals surface area contributed by atoms with Gasteiger partial charge in [-0.3, -0.25) is 9.59 Å². The van der Waals surface area contributed by atoms with Gasteiger partial charge in [-0.05, 0) is 32.7 Å². The molecule has 1 aliphatic carbocycles. The standard InChI is InChI=1S/C11H20N2O3/c1-12-7-6-10(14)13-9-4-2-8(3-5-9)11(15)16/h8-9,12H,2-7H2,1H3,(H,13,14)(H,15,16). The molecule has 0 unspecified atom stereocenters. The average molecular weight is 228 g/mol. The van der Waals surface area contributed by atoms with Gasteiger partial charge in [0.2, 0.25) is 5.91 Å². The smallest absolute Gasteiger partial charge is 0.306 e. The van der Waals surface area contributed by atoms with E-state index < -0.39 is 5.97 Å². The van der Waals surface area contributed by atoms with Crippen molar-refractivity contribution in [2.45, 2.75) is 38.1 Å². The summed E-state index contributed by atoms with van der Waals surface area (Å²) in [6, 6.07) is 0.167. The Balaban J connectivity index is 2.21. The number of hydrogen-bond acceptors (Lipinski definition) is 3. The first-order chi connectivity index (χ1) is 7.63. The summed E-state index contributed by atoms with van der Waals surface area (Å²) >= 11 is 0. The Morgan fingerprint density at radius 1 is 1.25 bits per heavy atom. The first-order valence-corrected chi connectivity index (χ1v) is 5.80. The van der Waals surface area contributed by atoms with Crippen molar-refractivity contribution in [2.24, 2.45) is 5.92 Å². The molecule has 1 rings (SSSR count). The molecule has 1 fully saturated rings. The van der Waals surface area contributed by atoms with Gasteiger partial charge in [0.15, 0.2) is 0 Å². The summed E-state index contributed by atoms with van der Waals surface area (Å²) in [7, 11) is 1.81. The van der Waals surface area contributed by atoms with Crippen molar-refractivity contribution in [2.75, 3.05) is 13.6 Å². The van der Waals surface area contributed by atoms with Crippen molar-refractivity contribution in [3.63, 3.8) is 0 Å². The molecule has 5 heteroatoms. The Bertz CT molecular complexity index is 248. The van der Waals surface area contributed by atoms with Crippen LogP contribution < -0.4 is 10.6 Å². The van der Waals surface area contributed by atoms with Crippen LogP contribution in [-0.2, 0) is 9.59 Å². The second-order valence-electron chi connectivity index (χ2n) is 4.31. The van der Waals surface area contributed by atoms with E-state index in [1.807, 2.05) is 7.05 Å². The van der Waals surface area contributed by atoms with Crippen LogP contribution in [0.25, 0.3) is 0 Å². The predicted molar refractivity (Wildman–Crippen MR) is 60.1 cm³/mol. The molecule has 0 aromatic rings. The topological polar surface area (TPSA) is 78.4 Å². The van der Waals surface area contributed by atoms with Gasteiger partial charge < -0.3 is 15.7 Å². The zero-order valence-electron chi connectivity index (χ0n) is 9.66. The summed E-state index contributed by atoms with van der Waals surface area (Å²) in [6.45, 7) is 0.677. The molecule has 92 valence electrons. The number of carboxylic acids is 1. The van der Waals surface area contributed by atoms with Gasteiger partial charge in [-0.1, -0.05) is 0 Å². The maximum absolute atomic E-state index is 11.4. The van der Waals surface area contributed by atoms with Gasteiger partial charge in [0.1, 0.15) is 0 Å². The molecule has 16 heavy (non-hydrogen) atoms. The highest BCUT2D eigenvalue weighted by Crippen LogP contribution is 2.24. The highest BCUT2D eigenvalue weighted by atomic mass is 16.4. The lowest BCUT2D eigenvalue weighted by atomic mass is 9.86. The van der Waals surface area contributed by atoms with E-state index in [4.69, 9.17) is 5.11 Å². The third-order valence-corrected chi connectivity index (χ3v) is 3.04. The maximum Gasteiger partial charge on any atom is 0.306 e. The molecule has 0 spiro atoms. The Labute approximate surface area is 95.6 Å². The molecule has 0 aliphatic heterocycles. The van der Waals surface area contributed by atoms with Crippen molar-refractivity contribution in [3.05, 3.63) is 0 Å². The molecule has 0 atom stereocenters. The Morgan fingerprint density at radius 3 is 2.38 bits per heavy atom. The van der Waals surface area contributed by atoms with Crippen LogP contribution in [-0.4, -0.2) is 36.6 Å². The monoisotopic (exact) mass is 228 g/mol. The highest BCUT2D eigenvalue weighted by Gasteiger charge is 2.26. The fourth-order valence-electron chi connectivity index (χ4n) is 2.02. The third-order valence-electron chi connectivity index (χ3n) is 3.04. The normalized spacial score (nSPS) is 25.1. The van der Waals surface area contributed by atoms with Crippen LogP contribution in [0.5, 0.6) is 0 Å². The SMILES string of the molecule is CNCCC(=O)NC1CCC(C(=O)O)CC1. The quantitative estimate of drug-likeness (QED) is 0.634. The van der Waals surface area contributed by atoms with E-state index in [2.05, 4.69) is 10.6 Å². The zero-order valence-corrected chi connectivity index (χ0v) is 9.66. The van der Waals surface area contributed by atoms with Crippen LogP contribution in [0.2, 0.25) is 0 Å². The molecule has 0 heterocycles. The first kappa shape index (κ1) is 13.0. The van der Waals surface area contributed by atoms with Crippen LogP contribution in [0.3, 0.4) is 0 Å². The van der Waals surface area contributed by atoms with Gasteiger partial charge in [-0.2, -0.15) is 0 Å². The minimum Gasteiger partial charge on any atom is -0.481 e. The fourth-order valence-corrected chi connectivity index (χ4v) is 2.02. The minimum atomic E-state index is -0.708. The summed E-state index contributed by atoms with van der Waals surface area (Å²) in [5, 5.41) is 14.7. The predicted octanol–water partition coefficient (Wildman–Crippen LogP) is 0.355. The number of carbonyl (C=O) groups excluding carboxylic acids is 1. The van der Waals surface area contributed by atoms with Crippen molar-refractivity contribution < 1.29 is 14.7 Å². The molecule has 1 amide bonds. The Hall–Kier alpha value is -1.10. The molecule has 5 nitrogen and oxygen atoms in total. The molecule has 0 aromatic carbocycles. The van der Waals surface area contributed by atoms with Gasteiger partial charge in [-0.25, -0.2) is 0 Å². The lowest BCUT2D eigenvalue weighted by molar-refractivity contribution is -0.142. The number of nitrogens with one attached hydrogen (secondary N) is 2. The molecule has 3 N–H and O–H groups in total. The van der Waals surface area contributed by atoms with E-state index in [1.165, 1.54) is 0 Å². The molecular formula is C11H20N2O3. The first-order valence-electron chi connectivity index (χ1n) is 5.80. The number of carbonyl (C=O) groups is 2. The van der Waals surface area contributed by atoms with Gasteiger partial charge in [0.05, 0.1) is 5.92 Å². The number of rotatable bonds is 5. The molecule has 0 radical (unpaired) electrons. The van der Waals surface area contributed by atoms with Gasteiger partial charge in [-0.15, -0.1) is 0 Å². The van der Waals surface area contributed by atoms with Crippen LogP contribution in [0, 0.1) is 5.92 Å². The summed E-state index contributed by atoms with van der Waals surface area (Å²) < 4.78 is 0. The number of hydrogen-bond donors (Lipinski definition) is 3. The highest BCUT2D eigenvalue weighted by molar-refractivity contribution is 5.76. The summed E-state index contributed by atoms with van der Waals surface area (Å²) in [5.74, 6) is -0.876. The van der Waals surface area contributed by atoms with E-state index in [0.29, 0.717) is 25.8 Å². The van der Waals surface area contributed by atoms with Crippen molar-refractivity contribution in [3.8, 4) is 0 Å². The van der Waals surface area contributed by atoms with Crippen molar-refractivity contribution >= 4 is 11.9 Å². The molecular weight excluding hydrogens is 208 g/mol. The van der Waals surface area contributed by atoms with E-state index in [-0.39, 0.29) is 17.9 Å². The van der Waals surface area contributed by atoms with Gasteiger partial charge in [0.25, 0.3) is 0 Å². The summed E-state index contributed by atoms with van der Waals surface area (Å²) in [5.41, 5.74) is 0. The van der Waals surface area contributed by atoms with E-state index >= 15 is 0 Å². The lowest BCUT2D eigenvalue weighted by Gasteiger charge is -2.26. The third kappa shape index (κ3) is 4.18. The van der Waals surface area contributed by atoms with E-state index in [0.717, 1.165) is 12.8 Å². The second-order valence-corrected chi connectivity index (χ2v) is 4.31. The summed E-state index contributed by atoms with van der Waals surface area (Å²) in [4.78, 5) is 22.1. The number of aliphatic carboxylic acids is 1. The fraction of sp³-hybridized carbons (Fsp3) is 0.818. The minimum absolute atomic E-state index is 0.0492. The molecule has 0 aromatic heterocycles. The van der Waals surface area contributed by atoms with E-state index in [9.17, 15) is 9.59 Å². The van der Waals surface area contributed by atoms with Gasteiger partial charge >= 0.3 is 5.97 Å². The Morgan fingerprint density at radius 2 is 1.88 bits per heavy atom. The number of carboxylic acid groups (broad SMARTS) is 1. The maximum atomic E-state index is 11.4. The van der Waals surface area contributed by atoms with Gasteiger partial charge in [0, 0.05) is 19.0 Å². The largest absolute Gasteiger partial charge is 0.481 e. The molecule has 1 saturated carbocycles. The second kappa shape index (κ2) is 6.48. The number of amides is 1. The van der Waals surface area contributed by atoms with Crippen LogP contribution >= 0.6 is 0 Å². The van der Waals surface area contributed by atoms with E-state index in [1.54, 1.807) is 0 Å². The van der Waals surface area contributed by atoms with Crippen LogP contribution in [0.15, 0.2) is 0 Å². The lowest BCUT2D eigenvalue weighted by Crippen LogP contribution is -2.39. The summed E-state index contributed by atoms with van der Waals surface area (Å²) in [6.07, 6.45) is 3.39. The van der Waals surface area contributed by atoms with Crippen molar-refractivity contribution in [1.82, 2.24) is 10.6 Å². The molecule has 0 bridgehead atoms. The molecule has 1 aliphatic rings. The molecule has 0 saturated heterocycles. The van der Waals surface area contributed by atoms with Crippen molar-refractivity contribution in [1.29, 1.82) is 0 Å². The zero-order chi connectivity index (χ0) is 12.0. The van der Waals surface area contributed by atoms with Crippen LogP contribution in [0.1, 0.15) is 32.1 Å².